The van der Waals surface area contributed by atoms with Gasteiger partial charge in [0.25, 0.3) is 0 Å². The van der Waals surface area contributed by atoms with E-state index >= 15 is 0 Å². The number of aliphatic hydroxyl groups excluding tert-OH is 1. The third kappa shape index (κ3) is 4.42. The Balaban J connectivity index is 2.33. The van der Waals surface area contributed by atoms with Gasteiger partial charge in [-0.05, 0) is 12.5 Å². The minimum Gasteiger partial charge on any atom is -0.387 e. The summed E-state index contributed by atoms with van der Waals surface area (Å²) in [6.07, 6.45) is -0.453. The van der Waals surface area contributed by atoms with Crippen LogP contribution in [0, 0.1) is 0 Å². The fraction of sp³-hybridized carbons (Fsp3) is 0.500. The number of hydrogen-bond donors (Lipinski definition) is 2. The number of ether oxygens (including phenoxy) is 1. The van der Waals surface area contributed by atoms with Crippen molar-refractivity contribution in [2.45, 2.75) is 19.1 Å². The molecule has 0 heterocycles. The molecule has 0 radical (unpaired) electrons. The van der Waals surface area contributed by atoms with Crippen molar-refractivity contribution in [2.24, 2.45) is 0 Å². The summed E-state index contributed by atoms with van der Waals surface area (Å²) < 4.78 is 5.00. The van der Waals surface area contributed by atoms with Crippen LogP contribution in [-0.4, -0.2) is 31.4 Å². The van der Waals surface area contributed by atoms with Gasteiger partial charge in [0.05, 0.1) is 12.7 Å². The molecule has 1 rings (SSSR count). The van der Waals surface area contributed by atoms with Gasteiger partial charge in [-0.3, -0.25) is 0 Å². The average Bonchev–Trinajstić information content (AvgIpc) is 2.27. The van der Waals surface area contributed by atoms with Crippen molar-refractivity contribution in [2.75, 3.05) is 20.3 Å². The molecule has 1 aromatic carbocycles. The lowest BCUT2D eigenvalue weighted by atomic mass is 10.1. The molecule has 3 nitrogen and oxygen atoms in total. The fourth-order valence-electron chi connectivity index (χ4n) is 1.41. The summed E-state index contributed by atoms with van der Waals surface area (Å²) in [6.45, 7) is 3.23. The molecule has 3 heteroatoms. The number of methoxy groups -OCH3 is 1. The van der Waals surface area contributed by atoms with E-state index in [-0.39, 0.29) is 6.04 Å². The molecule has 0 aromatic heterocycles. The Kier molecular flexibility index (Phi) is 5.32. The molecule has 0 fully saturated rings. The first-order valence-corrected chi connectivity index (χ1v) is 5.19. The Morgan fingerprint density at radius 3 is 2.60 bits per heavy atom. The monoisotopic (exact) mass is 209 g/mol. The van der Waals surface area contributed by atoms with Crippen molar-refractivity contribution in [3.8, 4) is 0 Å². The van der Waals surface area contributed by atoms with E-state index in [1.54, 1.807) is 7.11 Å². The van der Waals surface area contributed by atoms with Crippen LogP contribution >= 0.6 is 0 Å². The Morgan fingerprint density at radius 1 is 1.33 bits per heavy atom. The molecule has 0 aliphatic rings. The van der Waals surface area contributed by atoms with Gasteiger partial charge >= 0.3 is 0 Å². The molecule has 2 atom stereocenters. The number of hydrogen-bond acceptors (Lipinski definition) is 3. The summed E-state index contributed by atoms with van der Waals surface area (Å²) in [5.41, 5.74) is 0.939. The van der Waals surface area contributed by atoms with Crippen molar-refractivity contribution in [1.29, 1.82) is 0 Å². The average molecular weight is 209 g/mol. The first kappa shape index (κ1) is 12.2. The Morgan fingerprint density at radius 2 is 2.00 bits per heavy atom. The molecule has 0 saturated carbocycles. The Bertz CT molecular complexity index is 264. The Hall–Kier alpha value is -0.900. The van der Waals surface area contributed by atoms with Crippen LogP contribution in [0.4, 0.5) is 0 Å². The molecule has 0 saturated heterocycles. The quantitative estimate of drug-likeness (QED) is 0.743. The first-order valence-electron chi connectivity index (χ1n) is 5.19. The summed E-state index contributed by atoms with van der Waals surface area (Å²) in [4.78, 5) is 0. The molecule has 1 aromatic rings. The smallest absolute Gasteiger partial charge is 0.0914 e. The lowest BCUT2D eigenvalue weighted by Gasteiger charge is -2.16. The zero-order valence-corrected chi connectivity index (χ0v) is 9.31. The van der Waals surface area contributed by atoms with Gasteiger partial charge < -0.3 is 15.2 Å². The molecule has 2 N–H and O–H groups in total. The zero-order chi connectivity index (χ0) is 11.1. The van der Waals surface area contributed by atoms with Crippen LogP contribution in [0.5, 0.6) is 0 Å². The molecule has 0 amide bonds. The van der Waals surface area contributed by atoms with Crippen molar-refractivity contribution in [1.82, 2.24) is 5.32 Å². The molecule has 84 valence electrons. The highest BCUT2D eigenvalue weighted by Crippen LogP contribution is 2.10. The van der Waals surface area contributed by atoms with E-state index in [1.165, 1.54) is 0 Å². The predicted molar refractivity (Wildman–Crippen MR) is 60.7 cm³/mol. The third-order valence-corrected chi connectivity index (χ3v) is 2.26. The lowest BCUT2D eigenvalue weighted by molar-refractivity contribution is 0.143. The van der Waals surface area contributed by atoms with Gasteiger partial charge in [-0.2, -0.15) is 0 Å². The van der Waals surface area contributed by atoms with Crippen LogP contribution in [0.25, 0.3) is 0 Å². The molecule has 0 unspecified atom stereocenters. The van der Waals surface area contributed by atoms with Gasteiger partial charge in [-0.25, -0.2) is 0 Å². The van der Waals surface area contributed by atoms with Crippen LogP contribution in [0.15, 0.2) is 30.3 Å². The van der Waals surface area contributed by atoms with Crippen LogP contribution < -0.4 is 5.32 Å². The van der Waals surface area contributed by atoms with Gasteiger partial charge in [0, 0.05) is 19.7 Å². The summed E-state index contributed by atoms with van der Waals surface area (Å²) in [6, 6.07) is 9.90. The van der Waals surface area contributed by atoms with Gasteiger partial charge in [0.1, 0.15) is 0 Å². The Labute approximate surface area is 91.1 Å². The maximum absolute atomic E-state index is 9.83. The maximum Gasteiger partial charge on any atom is 0.0914 e. The molecular weight excluding hydrogens is 190 g/mol. The summed E-state index contributed by atoms with van der Waals surface area (Å²) in [7, 11) is 1.67. The van der Waals surface area contributed by atoms with Gasteiger partial charge in [-0.1, -0.05) is 30.3 Å². The van der Waals surface area contributed by atoms with E-state index in [0.29, 0.717) is 13.2 Å². The van der Waals surface area contributed by atoms with E-state index in [2.05, 4.69) is 5.32 Å². The maximum atomic E-state index is 9.83. The minimum atomic E-state index is -0.453. The number of aliphatic hydroxyl groups is 1. The lowest BCUT2D eigenvalue weighted by Crippen LogP contribution is -2.33. The van der Waals surface area contributed by atoms with E-state index in [4.69, 9.17) is 4.74 Å². The third-order valence-electron chi connectivity index (χ3n) is 2.26. The highest BCUT2D eigenvalue weighted by Gasteiger charge is 2.08. The highest BCUT2D eigenvalue weighted by molar-refractivity contribution is 5.17. The molecule has 15 heavy (non-hydrogen) atoms. The number of rotatable bonds is 6. The molecule has 0 aliphatic carbocycles. The second-order valence-electron chi connectivity index (χ2n) is 3.69. The van der Waals surface area contributed by atoms with Crippen LogP contribution in [-0.2, 0) is 4.74 Å². The predicted octanol–water partition coefficient (Wildman–Crippen LogP) is 1.34. The normalized spacial score (nSPS) is 14.9. The van der Waals surface area contributed by atoms with Gasteiger partial charge in [0.15, 0.2) is 0 Å². The number of benzene rings is 1. The van der Waals surface area contributed by atoms with Crippen molar-refractivity contribution >= 4 is 0 Å². The topological polar surface area (TPSA) is 41.5 Å². The molecular formula is C12H19NO2. The second kappa shape index (κ2) is 6.56. The van der Waals surface area contributed by atoms with E-state index < -0.39 is 6.10 Å². The van der Waals surface area contributed by atoms with E-state index in [9.17, 15) is 5.11 Å². The largest absolute Gasteiger partial charge is 0.387 e. The zero-order valence-electron chi connectivity index (χ0n) is 9.31. The molecule has 0 spiro atoms. The second-order valence-corrected chi connectivity index (χ2v) is 3.69. The van der Waals surface area contributed by atoms with Gasteiger partial charge in [-0.15, -0.1) is 0 Å². The fourth-order valence-corrected chi connectivity index (χ4v) is 1.41. The van der Waals surface area contributed by atoms with Crippen LogP contribution in [0.1, 0.15) is 18.6 Å². The number of nitrogens with one attached hydrogen (secondary N) is 1. The minimum absolute atomic E-state index is 0.258. The van der Waals surface area contributed by atoms with Crippen molar-refractivity contribution in [3.63, 3.8) is 0 Å². The van der Waals surface area contributed by atoms with Crippen molar-refractivity contribution in [3.05, 3.63) is 35.9 Å². The van der Waals surface area contributed by atoms with Crippen LogP contribution in [0.3, 0.4) is 0 Å². The standard InChI is InChI=1S/C12H19NO2/c1-10(9-15-2)13-8-12(14)11-6-4-3-5-7-11/h3-7,10,12-14H,8-9H2,1-2H3/t10-,12-/m0/s1. The van der Waals surface area contributed by atoms with E-state index in [0.717, 1.165) is 5.56 Å². The first-order chi connectivity index (χ1) is 7.24. The summed E-state index contributed by atoms with van der Waals surface area (Å²) in [5, 5.41) is 13.0. The SMILES string of the molecule is COC[C@H](C)NC[C@H](O)c1ccccc1. The summed E-state index contributed by atoms with van der Waals surface area (Å²) in [5.74, 6) is 0. The van der Waals surface area contributed by atoms with Gasteiger partial charge in [0.2, 0.25) is 0 Å². The van der Waals surface area contributed by atoms with E-state index in [1.807, 2.05) is 37.3 Å². The summed E-state index contributed by atoms with van der Waals surface area (Å²) >= 11 is 0. The van der Waals surface area contributed by atoms with Crippen molar-refractivity contribution < 1.29 is 9.84 Å². The molecule has 0 bridgehead atoms. The highest BCUT2D eigenvalue weighted by atomic mass is 16.5. The van der Waals surface area contributed by atoms with Crippen LogP contribution in [0.2, 0.25) is 0 Å². The molecule has 0 aliphatic heterocycles.